The van der Waals surface area contributed by atoms with E-state index in [2.05, 4.69) is 15.3 Å². The number of hydrogen-bond donors (Lipinski definition) is 2. The van der Waals surface area contributed by atoms with E-state index < -0.39 is 11.2 Å². The Morgan fingerprint density at radius 2 is 1.84 bits per heavy atom. The minimum atomic E-state index is -0.860. The molecule has 2 aliphatic rings. The minimum absolute atomic E-state index is 0.0901. The number of aromatic amines is 1. The number of nitrogens with one attached hydrogen (secondary N) is 1. The predicted molar refractivity (Wildman–Crippen MR) is 118 cm³/mol. The van der Waals surface area contributed by atoms with Gasteiger partial charge in [0.15, 0.2) is 5.75 Å². The van der Waals surface area contributed by atoms with Crippen LogP contribution in [0.4, 0.5) is 0 Å². The number of nitrogen functional groups attached to an aromatic ring is 1. The molecule has 0 spiro atoms. The maximum absolute atomic E-state index is 12.5. The summed E-state index contributed by atoms with van der Waals surface area (Å²) >= 11 is 12.8. The first-order chi connectivity index (χ1) is 15.3. The number of H-pyrrole nitrogens is 1. The lowest BCUT2D eigenvalue weighted by molar-refractivity contribution is 0.424. The molecule has 32 heavy (non-hydrogen) atoms. The van der Waals surface area contributed by atoms with Gasteiger partial charge in [-0.25, -0.2) is 9.89 Å². The average Bonchev–Trinajstić information content (AvgIpc) is 3.61. The third kappa shape index (κ3) is 3.49. The number of halogens is 2. The monoisotopic (exact) mass is 476 g/mol. The van der Waals surface area contributed by atoms with Crippen LogP contribution in [0, 0.1) is 5.92 Å². The second kappa shape index (κ2) is 7.79. The highest BCUT2D eigenvalue weighted by Crippen LogP contribution is 2.48. The van der Waals surface area contributed by atoms with Gasteiger partial charge in [-0.15, -0.1) is 5.10 Å². The number of aromatic nitrogens is 5. The van der Waals surface area contributed by atoms with E-state index in [0.29, 0.717) is 17.0 Å². The number of nitrogens with two attached hydrogens (primary N) is 1. The molecule has 1 aromatic carbocycles. The molecule has 0 bridgehead atoms. The summed E-state index contributed by atoms with van der Waals surface area (Å²) in [4.78, 5) is 36.3. The number of nitrogens with zero attached hydrogens (tertiary/aromatic N) is 4. The molecule has 3 aromatic rings. The minimum Gasteiger partial charge on any atom is -0.434 e. The van der Waals surface area contributed by atoms with Crippen LogP contribution in [0.15, 0.2) is 32.7 Å². The quantitative estimate of drug-likeness (QED) is 0.549. The van der Waals surface area contributed by atoms with Gasteiger partial charge in [0.1, 0.15) is 6.20 Å². The summed E-state index contributed by atoms with van der Waals surface area (Å²) in [5.74, 6) is 6.58. The van der Waals surface area contributed by atoms with Gasteiger partial charge in [-0.2, -0.15) is 14.5 Å². The SMILES string of the molecule is Nn1c(=O)cnn(-c2cc(Cl)c(Oc3n[nH]c(=O)c4c3CCCC4C3CC3)c(Cl)c2)c1=O. The van der Waals surface area contributed by atoms with Crippen LogP contribution in [0.1, 0.15) is 42.7 Å². The van der Waals surface area contributed by atoms with Gasteiger partial charge < -0.3 is 10.6 Å². The molecule has 166 valence electrons. The van der Waals surface area contributed by atoms with Gasteiger partial charge in [0, 0.05) is 11.1 Å². The zero-order chi connectivity index (χ0) is 22.6. The van der Waals surface area contributed by atoms with Gasteiger partial charge in [-0.1, -0.05) is 23.2 Å². The van der Waals surface area contributed by atoms with Crippen LogP contribution in [-0.4, -0.2) is 24.7 Å². The van der Waals surface area contributed by atoms with Crippen molar-refractivity contribution >= 4 is 23.2 Å². The molecule has 1 fully saturated rings. The highest BCUT2D eigenvalue weighted by Gasteiger charge is 2.38. The molecule has 1 saturated carbocycles. The molecule has 2 aliphatic carbocycles. The molecule has 2 heterocycles. The van der Waals surface area contributed by atoms with Crippen LogP contribution in [-0.2, 0) is 6.42 Å². The second-order valence-corrected chi connectivity index (χ2v) is 8.79. The Bertz CT molecular complexity index is 1390. The molecule has 1 atom stereocenters. The fourth-order valence-corrected chi connectivity index (χ4v) is 4.82. The van der Waals surface area contributed by atoms with Crippen LogP contribution < -0.4 is 27.4 Å². The molecule has 5 rings (SSSR count). The predicted octanol–water partition coefficient (Wildman–Crippen LogP) is 2.12. The molecule has 0 aliphatic heterocycles. The van der Waals surface area contributed by atoms with E-state index in [1.165, 1.54) is 12.1 Å². The summed E-state index contributed by atoms with van der Waals surface area (Å²) < 4.78 is 7.29. The van der Waals surface area contributed by atoms with Crippen molar-refractivity contribution in [1.82, 2.24) is 24.7 Å². The topological polar surface area (TPSA) is 138 Å². The van der Waals surface area contributed by atoms with Crippen molar-refractivity contribution in [3.05, 3.63) is 70.7 Å². The number of fused-ring (bicyclic) bond motifs is 1. The molecule has 0 radical (unpaired) electrons. The van der Waals surface area contributed by atoms with Crippen molar-refractivity contribution in [2.24, 2.45) is 5.92 Å². The summed E-state index contributed by atoms with van der Waals surface area (Å²) in [5.41, 5.74) is -0.0713. The summed E-state index contributed by atoms with van der Waals surface area (Å²) in [6.45, 7) is 0. The van der Waals surface area contributed by atoms with Gasteiger partial charge in [0.2, 0.25) is 5.88 Å². The Morgan fingerprint density at radius 3 is 2.53 bits per heavy atom. The van der Waals surface area contributed by atoms with Crippen LogP contribution >= 0.6 is 23.2 Å². The van der Waals surface area contributed by atoms with E-state index in [1.807, 2.05) is 0 Å². The standard InChI is InChI=1S/C20H18Cl2N6O4/c21-13-6-10(28-20(31)27(23)15(29)8-24-28)7-14(22)17(13)32-19-12-3-1-2-11(9-4-5-9)16(12)18(30)25-26-19/h6-9,11H,1-5,23H2,(H,25,30). The third-order valence-corrected chi connectivity index (χ3v) is 6.49. The van der Waals surface area contributed by atoms with Crippen molar-refractivity contribution in [3.63, 3.8) is 0 Å². The Kier molecular flexibility index (Phi) is 5.06. The Labute approximate surface area is 190 Å². The number of rotatable bonds is 4. The summed E-state index contributed by atoms with van der Waals surface area (Å²) in [6.07, 6.45) is 5.76. The largest absolute Gasteiger partial charge is 0.434 e. The molecule has 10 nitrogen and oxygen atoms in total. The van der Waals surface area contributed by atoms with E-state index >= 15 is 0 Å². The number of hydrogen-bond acceptors (Lipinski definition) is 7. The Hall–Kier alpha value is -3.11. The van der Waals surface area contributed by atoms with E-state index in [1.54, 1.807) is 0 Å². The lowest BCUT2D eigenvalue weighted by Crippen LogP contribution is -2.44. The summed E-state index contributed by atoms with van der Waals surface area (Å²) in [7, 11) is 0. The molecular weight excluding hydrogens is 459 g/mol. The lowest BCUT2D eigenvalue weighted by Gasteiger charge is -2.25. The van der Waals surface area contributed by atoms with Gasteiger partial charge in [0.25, 0.3) is 11.1 Å². The second-order valence-electron chi connectivity index (χ2n) is 7.97. The van der Waals surface area contributed by atoms with Crippen molar-refractivity contribution < 1.29 is 4.74 Å². The van der Waals surface area contributed by atoms with Crippen molar-refractivity contribution in [2.75, 3.05) is 5.84 Å². The van der Waals surface area contributed by atoms with Crippen molar-refractivity contribution in [1.29, 1.82) is 0 Å². The highest BCUT2D eigenvalue weighted by atomic mass is 35.5. The van der Waals surface area contributed by atoms with Crippen molar-refractivity contribution in [2.45, 2.75) is 38.0 Å². The molecule has 0 saturated heterocycles. The molecule has 12 heteroatoms. The lowest BCUT2D eigenvalue weighted by atomic mass is 9.81. The molecule has 2 aromatic heterocycles. The smallest absolute Gasteiger partial charge is 0.370 e. The summed E-state index contributed by atoms with van der Waals surface area (Å²) in [6, 6.07) is 2.82. The first-order valence-corrected chi connectivity index (χ1v) is 10.9. The van der Waals surface area contributed by atoms with E-state index in [9.17, 15) is 14.4 Å². The Morgan fingerprint density at radius 1 is 1.12 bits per heavy atom. The fraction of sp³-hybridized carbons (Fsp3) is 0.350. The van der Waals surface area contributed by atoms with E-state index in [4.69, 9.17) is 33.8 Å². The molecular formula is C20H18Cl2N6O4. The Balaban J connectivity index is 1.55. The van der Waals surface area contributed by atoms with Gasteiger partial charge in [-0.3, -0.25) is 9.59 Å². The highest BCUT2D eigenvalue weighted by molar-refractivity contribution is 6.37. The third-order valence-electron chi connectivity index (χ3n) is 5.93. The van der Waals surface area contributed by atoms with Gasteiger partial charge in [-0.05, 0) is 56.1 Å². The van der Waals surface area contributed by atoms with Crippen LogP contribution in [0.2, 0.25) is 10.0 Å². The number of benzene rings is 1. The first kappa shape index (κ1) is 20.8. The van der Waals surface area contributed by atoms with Crippen LogP contribution in [0.3, 0.4) is 0 Å². The first-order valence-electron chi connectivity index (χ1n) is 10.1. The molecule has 1 unspecified atom stereocenters. The zero-order valence-corrected chi connectivity index (χ0v) is 18.2. The fourth-order valence-electron chi connectivity index (χ4n) is 4.27. The van der Waals surface area contributed by atoms with E-state index in [-0.39, 0.29) is 38.8 Å². The van der Waals surface area contributed by atoms with Crippen LogP contribution in [0.25, 0.3) is 5.69 Å². The van der Waals surface area contributed by atoms with E-state index in [0.717, 1.165) is 47.7 Å². The maximum Gasteiger partial charge on any atom is 0.370 e. The van der Waals surface area contributed by atoms with Gasteiger partial charge >= 0.3 is 5.69 Å². The van der Waals surface area contributed by atoms with Crippen molar-refractivity contribution in [3.8, 4) is 17.3 Å². The number of ether oxygens (including phenoxy) is 1. The van der Waals surface area contributed by atoms with Crippen LogP contribution in [0.5, 0.6) is 11.6 Å². The molecule has 0 amide bonds. The molecule has 3 N–H and O–H groups in total. The zero-order valence-electron chi connectivity index (χ0n) is 16.7. The summed E-state index contributed by atoms with van der Waals surface area (Å²) in [5, 5.41) is 10.6. The van der Waals surface area contributed by atoms with Gasteiger partial charge in [0.05, 0.1) is 15.7 Å². The average molecular weight is 477 g/mol. The normalized spacial score (nSPS) is 17.8. The maximum atomic E-state index is 12.5.